The Balaban J connectivity index is 1.78. The third-order valence-corrected chi connectivity index (χ3v) is 6.82. The molecule has 130 valence electrons. The van der Waals surface area contributed by atoms with E-state index in [2.05, 4.69) is 9.82 Å². The van der Waals surface area contributed by atoms with Gasteiger partial charge in [-0.2, -0.15) is 5.10 Å². The average Bonchev–Trinajstić information content (AvgIpc) is 3.36. The summed E-state index contributed by atoms with van der Waals surface area (Å²) in [4.78, 5) is 1.09. The van der Waals surface area contributed by atoms with Crippen LogP contribution in [0.4, 0.5) is 0 Å². The molecule has 4 rings (SSSR count). The highest BCUT2D eigenvalue weighted by Crippen LogP contribution is 2.31. The maximum Gasteiger partial charge on any atom is 0.244 e. The number of benzene rings is 1. The fraction of sp³-hybridized carbons (Fsp3) is 0.278. The molecule has 1 aromatic carbocycles. The van der Waals surface area contributed by atoms with Gasteiger partial charge in [0.2, 0.25) is 10.0 Å². The SMILES string of the molecule is O=S(=O)(NC1CCCC1)c1cn(-c2ccccc2)nc1-c1cccs1. The first-order valence-corrected chi connectivity index (χ1v) is 10.7. The summed E-state index contributed by atoms with van der Waals surface area (Å²) in [6.45, 7) is 0. The van der Waals surface area contributed by atoms with Crippen LogP contribution in [0.2, 0.25) is 0 Å². The molecule has 2 aromatic heterocycles. The number of hydrogen-bond acceptors (Lipinski definition) is 4. The minimum Gasteiger partial charge on any atom is -0.239 e. The second kappa shape index (κ2) is 6.74. The number of nitrogens with zero attached hydrogens (tertiary/aromatic N) is 2. The molecule has 25 heavy (non-hydrogen) atoms. The Morgan fingerprint density at radius 1 is 1.08 bits per heavy atom. The van der Waals surface area contributed by atoms with Gasteiger partial charge in [-0.15, -0.1) is 11.3 Å². The molecule has 5 nitrogen and oxygen atoms in total. The topological polar surface area (TPSA) is 64.0 Å². The van der Waals surface area contributed by atoms with E-state index in [-0.39, 0.29) is 10.9 Å². The predicted octanol–water partition coefficient (Wildman–Crippen LogP) is 3.82. The van der Waals surface area contributed by atoms with Gasteiger partial charge in [0.25, 0.3) is 0 Å². The van der Waals surface area contributed by atoms with Crippen molar-refractivity contribution in [1.82, 2.24) is 14.5 Å². The van der Waals surface area contributed by atoms with Crippen molar-refractivity contribution in [2.45, 2.75) is 36.6 Å². The molecular weight excluding hydrogens is 354 g/mol. The van der Waals surface area contributed by atoms with Gasteiger partial charge in [0.1, 0.15) is 10.6 Å². The standard InChI is InChI=1S/C18H19N3O2S2/c22-25(23,20-14-7-4-5-8-14)17-13-21(15-9-2-1-3-10-15)19-18(17)16-11-6-12-24-16/h1-3,6,9-14,20H,4-5,7-8H2. The lowest BCUT2D eigenvalue weighted by molar-refractivity contribution is 0.552. The average molecular weight is 374 g/mol. The fourth-order valence-corrected chi connectivity index (χ4v) is 5.41. The van der Waals surface area contributed by atoms with Crippen LogP contribution in [-0.4, -0.2) is 24.2 Å². The van der Waals surface area contributed by atoms with Gasteiger partial charge in [-0.25, -0.2) is 17.8 Å². The molecule has 7 heteroatoms. The van der Waals surface area contributed by atoms with E-state index in [4.69, 9.17) is 0 Å². The lowest BCUT2D eigenvalue weighted by Gasteiger charge is -2.11. The van der Waals surface area contributed by atoms with Gasteiger partial charge in [0, 0.05) is 6.04 Å². The zero-order valence-electron chi connectivity index (χ0n) is 13.6. The predicted molar refractivity (Wildman–Crippen MR) is 99.5 cm³/mol. The Labute approximate surface area is 151 Å². The molecule has 1 aliphatic rings. The third-order valence-electron chi connectivity index (χ3n) is 4.42. The molecule has 2 heterocycles. The number of hydrogen-bond donors (Lipinski definition) is 1. The van der Waals surface area contributed by atoms with Crippen molar-refractivity contribution in [3.8, 4) is 16.3 Å². The van der Waals surface area contributed by atoms with Crippen LogP contribution in [0.25, 0.3) is 16.3 Å². The van der Waals surface area contributed by atoms with Gasteiger partial charge in [0.15, 0.2) is 0 Å². The Hall–Kier alpha value is -1.96. The zero-order chi connectivity index (χ0) is 17.3. The van der Waals surface area contributed by atoms with Crippen molar-refractivity contribution in [3.63, 3.8) is 0 Å². The molecule has 0 bridgehead atoms. The first kappa shape index (κ1) is 16.5. The largest absolute Gasteiger partial charge is 0.244 e. The highest BCUT2D eigenvalue weighted by atomic mass is 32.2. The monoisotopic (exact) mass is 373 g/mol. The van der Waals surface area contributed by atoms with Gasteiger partial charge in [0.05, 0.1) is 16.8 Å². The normalized spacial score (nSPS) is 15.7. The van der Waals surface area contributed by atoms with E-state index in [9.17, 15) is 8.42 Å². The van der Waals surface area contributed by atoms with Gasteiger partial charge < -0.3 is 0 Å². The number of nitrogens with one attached hydrogen (secondary N) is 1. The smallest absolute Gasteiger partial charge is 0.239 e. The second-order valence-electron chi connectivity index (χ2n) is 6.20. The van der Waals surface area contributed by atoms with Crippen molar-refractivity contribution >= 4 is 21.4 Å². The quantitative estimate of drug-likeness (QED) is 0.739. The Kier molecular flexibility index (Phi) is 4.45. The van der Waals surface area contributed by atoms with Crippen LogP contribution in [0.1, 0.15) is 25.7 Å². The van der Waals surface area contributed by atoms with E-state index in [1.54, 1.807) is 10.9 Å². The highest BCUT2D eigenvalue weighted by molar-refractivity contribution is 7.89. The van der Waals surface area contributed by atoms with Gasteiger partial charge in [-0.05, 0) is 36.4 Å². The summed E-state index contributed by atoms with van der Waals surface area (Å²) in [7, 11) is -3.61. The first-order valence-electron chi connectivity index (χ1n) is 8.35. The van der Waals surface area contributed by atoms with Crippen molar-refractivity contribution in [3.05, 3.63) is 54.0 Å². The van der Waals surface area contributed by atoms with E-state index >= 15 is 0 Å². The summed E-state index contributed by atoms with van der Waals surface area (Å²) < 4.78 is 30.5. The van der Waals surface area contributed by atoms with Crippen molar-refractivity contribution < 1.29 is 8.42 Å². The Morgan fingerprint density at radius 3 is 2.52 bits per heavy atom. The van der Waals surface area contributed by atoms with Crippen LogP contribution >= 0.6 is 11.3 Å². The lowest BCUT2D eigenvalue weighted by atomic mass is 10.3. The first-order chi connectivity index (χ1) is 12.1. The summed E-state index contributed by atoms with van der Waals surface area (Å²) >= 11 is 1.49. The molecule has 1 aliphatic carbocycles. The molecule has 1 N–H and O–H groups in total. The molecule has 0 aliphatic heterocycles. The van der Waals surface area contributed by atoms with Gasteiger partial charge in [-0.3, -0.25) is 0 Å². The maximum absolute atomic E-state index is 13.0. The second-order valence-corrected chi connectivity index (χ2v) is 8.83. The molecule has 3 aromatic rings. The van der Waals surface area contributed by atoms with E-state index in [0.29, 0.717) is 5.69 Å². The molecule has 0 saturated heterocycles. The summed E-state index contributed by atoms with van der Waals surface area (Å²) in [5.74, 6) is 0. The molecule has 0 spiro atoms. The van der Waals surface area contributed by atoms with Crippen molar-refractivity contribution in [2.24, 2.45) is 0 Å². The minimum atomic E-state index is -3.61. The molecule has 0 atom stereocenters. The Morgan fingerprint density at radius 2 is 1.84 bits per heavy atom. The molecular formula is C18H19N3O2S2. The van der Waals surface area contributed by atoms with Crippen LogP contribution < -0.4 is 4.72 Å². The molecule has 1 fully saturated rings. The molecule has 0 radical (unpaired) electrons. The highest BCUT2D eigenvalue weighted by Gasteiger charge is 2.28. The van der Waals surface area contributed by atoms with E-state index in [1.807, 2.05) is 47.8 Å². The fourth-order valence-electron chi connectivity index (χ4n) is 3.18. The molecule has 0 unspecified atom stereocenters. The van der Waals surface area contributed by atoms with Gasteiger partial charge in [-0.1, -0.05) is 37.1 Å². The van der Waals surface area contributed by atoms with Crippen molar-refractivity contribution in [2.75, 3.05) is 0 Å². The summed E-state index contributed by atoms with van der Waals surface area (Å²) in [5, 5.41) is 6.50. The maximum atomic E-state index is 13.0. The van der Waals surface area contributed by atoms with Crippen LogP contribution in [0, 0.1) is 0 Å². The van der Waals surface area contributed by atoms with E-state index in [1.165, 1.54) is 11.3 Å². The number of para-hydroxylation sites is 1. The molecule has 1 saturated carbocycles. The lowest BCUT2D eigenvalue weighted by Crippen LogP contribution is -2.32. The van der Waals surface area contributed by atoms with Crippen molar-refractivity contribution in [1.29, 1.82) is 0 Å². The number of thiophene rings is 1. The van der Waals surface area contributed by atoms with E-state index in [0.717, 1.165) is 36.2 Å². The minimum absolute atomic E-state index is 0.0289. The summed E-state index contributed by atoms with van der Waals surface area (Å²) in [5.41, 5.74) is 1.34. The number of sulfonamides is 1. The number of rotatable bonds is 5. The van der Waals surface area contributed by atoms with Crippen LogP contribution in [-0.2, 0) is 10.0 Å². The third kappa shape index (κ3) is 3.40. The summed E-state index contributed by atoms with van der Waals surface area (Å²) in [6.07, 6.45) is 5.57. The van der Waals surface area contributed by atoms with Crippen LogP contribution in [0.3, 0.4) is 0 Å². The zero-order valence-corrected chi connectivity index (χ0v) is 15.3. The summed E-state index contributed by atoms with van der Waals surface area (Å²) in [6, 6.07) is 13.4. The van der Waals surface area contributed by atoms with Gasteiger partial charge >= 0.3 is 0 Å². The molecule has 0 amide bonds. The number of aromatic nitrogens is 2. The van der Waals surface area contributed by atoms with Crippen LogP contribution in [0.15, 0.2) is 58.9 Å². The Bertz CT molecular complexity index is 942. The van der Waals surface area contributed by atoms with Crippen LogP contribution in [0.5, 0.6) is 0 Å². The van der Waals surface area contributed by atoms with E-state index < -0.39 is 10.0 Å².